The lowest BCUT2D eigenvalue weighted by Crippen LogP contribution is -2.60. The first-order chi connectivity index (χ1) is 23.6. The molecule has 13 nitrogen and oxygen atoms in total. The molecule has 4 N–H and O–H groups in total. The van der Waals surface area contributed by atoms with Crippen LogP contribution in [0.25, 0.3) is 0 Å². The van der Waals surface area contributed by atoms with Crippen LogP contribution in [0.5, 0.6) is 0 Å². The summed E-state index contributed by atoms with van der Waals surface area (Å²) < 4.78 is 37.8. The van der Waals surface area contributed by atoms with E-state index >= 15 is 0 Å². The van der Waals surface area contributed by atoms with E-state index in [4.69, 9.17) is 28.4 Å². The number of aliphatic hydroxyl groups is 4. The van der Waals surface area contributed by atoms with E-state index in [1.807, 2.05) is 60.7 Å². The van der Waals surface area contributed by atoms with Crippen molar-refractivity contribution in [3.8, 4) is 0 Å². The van der Waals surface area contributed by atoms with Crippen molar-refractivity contribution in [2.75, 3.05) is 34.8 Å². The summed E-state index contributed by atoms with van der Waals surface area (Å²) in [6.07, 6.45) is -6.42. The number of nitrogens with zero attached hydrogens (tertiary/aromatic N) is 2. The van der Waals surface area contributed by atoms with Gasteiger partial charge in [0.15, 0.2) is 12.6 Å². The molecule has 0 aromatic rings. The Kier molecular flexibility index (Phi) is 15.8. The Morgan fingerprint density at radius 1 is 0.941 bits per heavy atom. The molecular weight excluding hydrogens is 660 g/mol. The molecule has 0 aliphatic carbocycles. The maximum absolute atomic E-state index is 14.2. The van der Waals surface area contributed by atoms with Crippen LogP contribution in [0.3, 0.4) is 0 Å². The Balaban J connectivity index is 2.15. The van der Waals surface area contributed by atoms with Crippen molar-refractivity contribution in [3.05, 3.63) is 0 Å². The van der Waals surface area contributed by atoms with E-state index in [9.17, 15) is 25.2 Å². The molecule has 1 unspecified atom stereocenters. The predicted octanol–water partition coefficient (Wildman–Crippen LogP) is 2.79. The summed E-state index contributed by atoms with van der Waals surface area (Å²) in [6.45, 7) is 19.2. The highest BCUT2D eigenvalue weighted by molar-refractivity contribution is 5.73. The van der Waals surface area contributed by atoms with E-state index in [0.29, 0.717) is 25.8 Å². The zero-order valence-electron chi connectivity index (χ0n) is 33.8. The van der Waals surface area contributed by atoms with Gasteiger partial charge >= 0.3 is 5.97 Å². The first kappa shape index (κ1) is 44.4. The fourth-order valence-electron chi connectivity index (χ4n) is 8.69. The smallest absolute Gasteiger partial charge is 0.311 e. The van der Waals surface area contributed by atoms with Crippen LogP contribution >= 0.6 is 0 Å². The third kappa shape index (κ3) is 10.4. The Morgan fingerprint density at radius 2 is 1.57 bits per heavy atom. The monoisotopic (exact) mass is 733 g/mol. The van der Waals surface area contributed by atoms with Gasteiger partial charge in [-0.3, -0.25) is 4.79 Å². The molecule has 0 saturated carbocycles. The van der Waals surface area contributed by atoms with E-state index in [2.05, 4.69) is 11.8 Å². The standard InChI is InChI=1S/C38H72N2O11/c1-15-28-22(4)30(41)25(7)40(13)19-20(2)17-37(9,45)34(51-36-31(42)27(39(11)12)16-21(3)47-36)23(5)32(24(6)35(44)49-28)50-29-18-38(10,46-14)33(43)26(8)48-29/h20-34,36,41-43,45H,15-19H2,1-14H3/t20-,21-,22+,23+,24-,25-,26+,27+,28-,29+,30+,31-,32+,33+,34-,36?,37-,38-/m1/s1. The minimum atomic E-state index is -1.50. The van der Waals surface area contributed by atoms with Crippen LogP contribution in [-0.4, -0.2) is 156 Å². The second-order valence-electron chi connectivity index (χ2n) is 16.9. The van der Waals surface area contributed by atoms with Crippen molar-refractivity contribution in [3.63, 3.8) is 0 Å². The van der Waals surface area contributed by atoms with Crippen molar-refractivity contribution in [1.82, 2.24) is 9.80 Å². The molecule has 18 atom stereocenters. The van der Waals surface area contributed by atoms with Crippen molar-refractivity contribution in [1.29, 1.82) is 0 Å². The van der Waals surface area contributed by atoms with Gasteiger partial charge in [0.1, 0.15) is 18.3 Å². The Hall–Kier alpha value is -0.970. The van der Waals surface area contributed by atoms with Crippen LogP contribution in [0.15, 0.2) is 0 Å². The lowest BCUT2D eigenvalue weighted by Gasteiger charge is -2.48. The van der Waals surface area contributed by atoms with Gasteiger partial charge in [-0.1, -0.05) is 27.7 Å². The summed E-state index contributed by atoms with van der Waals surface area (Å²) in [7, 11) is 7.28. The Morgan fingerprint density at radius 3 is 2.14 bits per heavy atom. The molecule has 3 heterocycles. The number of cyclic esters (lactones) is 1. The van der Waals surface area contributed by atoms with Gasteiger partial charge < -0.3 is 58.6 Å². The molecule has 0 bridgehead atoms. The summed E-state index contributed by atoms with van der Waals surface area (Å²) in [5.74, 6) is -2.48. The molecule has 0 aromatic carbocycles. The van der Waals surface area contributed by atoms with Gasteiger partial charge in [0.05, 0.1) is 47.6 Å². The number of aliphatic hydroxyl groups excluding tert-OH is 3. The predicted molar refractivity (Wildman–Crippen MR) is 193 cm³/mol. The first-order valence-electron chi connectivity index (χ1n) is 19.1. The number of esters is 1. The molecule has 0 amide bonds. The van der Waals surface area contributed by atoms with Crippen molar-refractivity contribution >= 4 is 5.97 Å². The van der Waals surface area contributed by atoms with Crippen LogP contribution in [0.2, 0.25) is 0 Å². The molecule has 3 aliphatic rings. The quantitative estimate of drug-likeness (QED) is 0.284. The third-order valence-corrected chi connectivity index (χ3v) is 12.2. The molecule has 300 valence electrons. The molecule has 51 heavy (non-hydrogen) atoms. The number of methoxy groups -OCH3 is 1. The van der Waals surface area contributed by atoms with Gasteiger partial charge in [-0.15, -0.1) is 0 Å². The third-order valence-electron chi connectivity index (χ3n) is 12.2. The number of carbonyl (C=O) groups excluding carboxylic acids is 1. The minimum Gasteiger partial charge on any atom is -0.462 e. The largest absolute Gasteiger partial charge is 0.462 e. The lowest BCUT2D eigenvalue weighted by molar-refractivity contribution is -0.317. The van der Waals surface area contributed by atoms with Crippen LogP contribution in [0, 0.1) is 23.7 Å². The number of ether oxygens (including phenoxy) is 6. The molecule has 3 rings (SSSR count). The SMILES string of the molecule is CC[C@H]1OC(=O)[C@H](C)[C@@H](O[C@H]2C[C@@](C)(OC)[C@@H](O)[C@H](C)O2)[C@H](C)[C@@H](OC2O[C@H](C)C[C@H](N(C)C)[C@H]2O)[C@](C)(O)C[C@@H](C)CN(C)[C@H](C)[C@@H](O)[C@H]1C. The zero-order valence-corrected chi connectivity index (χ0v) is 33.8. The van der Waals surface area contributed by atoms with Gasteiger partial charge in [0.2, 0.25) is 0 Å². The maximum atomic E-state index is 14.2. The van der Waals surface area contributed by atoms with E-state index in [-0.39, 0.29) is 36.4 Å². The Bertz CT molecular complexity index is 1100. The molecule has 0 aromatic heterocycles. The van der Waals surface area contributed by atoms with E-state index in [0.717, 1.165) is 0 Å². The molecule has 0 spiro atoms. The molecule has 3 aliphatic heterocycles. The van der Waals surface area contributed by atoms with E-state index < -0.39 is 84.3 Å². The fourth-order valence-corrected chi connectivity index (χ4v) is 8.69. The van der Waals surface area contributed by atoms with Crippen molar-refractivity contribution < 1.29 is 53.6 Å². The number of likely N-dealkylation sites (N-methyl/N-ethyl adjacent to an activating group) is 2. The summed E-state index contributed by atoms with van der Waals surface area (Å²) in [5.41, 5.74) is -2.48. The molecule has 13 heteroatoms. The highest BCUT2D eigenvalue weighted by Gasteiger charge is 2.51. The minimum absolute atomic E-state index is 0.0490. The molecule has 3 saturated heterocycles. The zero-order chi connectivity index (χ0) is 38.7. The van der Waals surface area contributed by atoms with Crippen LogP contribution in [0.4, 0.5) is 0 Å². The summed E-state index contributed by atoms with van der Waals surface area (Å²) >= 11 is 0. The van der Waals surface area contributed by atoms with Crippen molar-refractivity contribution in [2.45, 2.75) is 180 Å². The lowest BCUT2D eigenvalue weighted by atomic mass is 9.77. The highest BCUT2D eigenvalue weighted by Crippen LogP contribution is 2.40. The molecular formula is C38H72N2O11. The van der Waals surface area contributed by atoms with Gasteiger partial charge in [0, 0.05) is 44.0 Å². The van der Waals surface area contributed by atoms with Gasteiger partial charge in [-0.05, 0) is 87.9 Å². The van der Waals surface area contributed by atoms with Gasteiger partial charge in [-0.25, -0.2) is 0 Å². The normalized spacial score (nSPS) is 48.9. The van der Waals surface area contributed by atoms with E-state index in [1.165, 1.54) is 7.11 Å². The van der Waals surface area contributed by atoms with Crippen LogP contribution in [-0.2, 0) is 33.2 Å². The van der Waals surface area contributed by atoms with Gasteiger partial charge in [-0.2, -0.15) is 0 Å². The van der Waals surface area contributed by atoms with E-state index in [1.54, 1.807) is 27.7 Å². The van der Waals surface area contributed by atoms with Crippen LogP contribution in [0.1, 0.15) is 94.9 Å². The summed E-state index contributed by atoms with van der Waals surface area (Å²) in [6, 6.07) is -0.498. The molecule has 0 radical (unpaired) electrons. The fraction of sp³-hybridized carbons (Fsp3) is 0.974. The average molecular weight is 733 g/mol. The van der Waals surface area contributed by atoms with Crippen molar-refractivity contribution in [2.24, 2.45) is 23.7 Å². The Labute approximate surface area is 307 Å². The second kappa shape index (κ2) is 18.1. The molecule has 3 fully saturated rings. The number of carbonyl (C=O) groups is 1. The summed E-state index contributed by atoms with van der Waals surface area (Å²) in [5, 5.41) is 46.4. The number of hydrogen-bond donors (Lipinski definition) is 4. The summed E-state index contributed by atoms with van der Waals surface area (Å²) in [4.78, 5) is 18.2. The topological polar surface area (TPSA) is 160 Å². The van der Waals surface area contributed by atoms with Crippen LogP contribution < -0.4 is 0 Å². The maximum Gasteiger partial charge on any atom is 0.311 e. The second-order valence-corrected chi connectivity index (χ2v) is 16.9. The average Bonchev–Trinajstić information content (AvgIpc) is 3.05. The number of hydrogen-bond acceptors (Lipinski definition) is 13. The number of rotatable bonds is 7. The first-order valence-corrected chi connectivity index (χ1v) is 19.1. The highest BCUT2D eigenvalue weighted by atomic mass is 16.7. The van der Waals surface area contributed by atoms with Gasteiger partial charge in [0.25, 0.3) is 0 Å².